The van der Waals surface area contributed by atoms with E-state index in [1.54, 1.807) is 12.3 Å². The SMILES string of the molecule is O=C1NCCn2c1cc1cnc(NC(=O)[C@H]3CCCNC3)nc12. The predicted octanol–water partition coefficient (Wildman–Crippen LogP) is 0.113. The zero-order chi connectivity index (χ0) is 15.8. The highest BCUT2D eigenvalue weighted by molar-refractivity contribution is 5.99. The Morgan fingerprint density at radius 2 is 2.30 bits per heavy atom. The Bertz CT molecular complexity index is 778. The van der Waals surface area contributed by atoms with Crippen LogP contribution in [0.15, 0.2) is 12.3 Å². The van der Waals surface area contributed by atoms with E-state index in [1.165, 1.54) is 0 Å². The average Bonchev–Trinajstić information content (AvgIpc) is 2.95. The van der Waals surface area contributed by atoms with Crippen molar-refractivity contribution < 1.29 is 9.59 Å². The Balaban J connectivity index is 1.61. The number of aromatic nitrogens is 3. The number of nitrogens with one attached hydrogen (secondary N) is 3. The molecule has 2 amide bonds. The first-order chi connectivity index (χ1) is 11.2. The number of hydrogen-bond acceptors (Lipinski definition) is 5. The fourth-order valence-electron chi connectivity index (χ4n) is 3.17. The molecule has 120 valence electrons. The van der Waals surface area contributed by atoms with Crippen LogP contribution in [0.3, 0.4) is 0 Å². The van der Waals surface area contributed by atoms with Gasteiger partial charge in [-0.05, 0) is 25.5 Å². The van der Waals surface area contributed by atoms with Gasteiger partial charge in [-0.1, -0.05) is 0 Å². The van der Waals surface area contributed by atoms with Crippen molar-refractivity contribution in [3.8, 4) is 0 Å². The molecule has 8 heteroatoms. The largest absolute Gasteiger partial charge is 0.349 e. The minimum Gasteiger partial charge on any atom is -0.349 e. The van der Waals surface area contributed by atoms with Crippen LogP contribution in [0.4, 0.5) is 5.95 Å². The molecule has 2 aliphatic rings. The summed E-state index contributed by atoms with van der Waals surface area (Å²) in [7, 11) is 0. The number of rotatable bonds is 2. The highest BCUT2D eigenvalue weighted by Crippen LogP contribution is 2.21. The Hall–Kier alpha value is -2.48. The van der Waals surface area contributed by atoms with Gasteiger partial charge in [-0.2, -0.15) is 4.98 Å². The molecule has 1 fully saturated rings. The number of anilines is 1. The second kappa shape index (κ2) is 5.62. The van der Waals surface area contributed by atoms with Crippen LogP contribution in [0.1, 0.15) is 23.3 Å². The van der Waals surface area contributed by atoms with Crippen LogP contribution in [0.2, 0.25) is 0 Å². The van der Waals surface area contributed by atoms with Gasteiger partial charge in [-0.3, -0.25) is 14.9 Å². The van der Waals surface area contributed by atoms with Crippen LogP contribution in [0.25, 0.3) is 11.0 Å². The standard InChI is InChI=1S/C15H18N6O2/c22-13(9-2-1-3-16-7-9)20-15-18-8-10-6-11-14(23)17-4-5-21(11)12(10)19-15/h6,8-9,16H,1-5,7H2,(H,17,23)(H,18,19,20,22)/t9-/m0/s1. The molecule has 1 atom stereocenters. The molecule has 0 aromatic carbocycles. The molecule has 0 saturated carbocycles. The van der Waals surface area contributed by atoms with E-state index in [0.717, 1.165) is 24.8 Å². The van der Waals surface area contributed by atoms with E-state index in [9.17, 15) is 9.59 Å². The Kier molecular flexibility index (Phi) is 3.45. The molecule has 1 saturated heterocycles. The monoisotopic (exact) mass is 314 g/mol. The maximum Gasteiger partial charge on any atom is 0.268 e. The Labute approximate surface area is 132 Å². The molecule has 3 N–H and O–H groups in total. The summed E-state index contributed by atoms with van der Waals surface area (Å²) in [5, 5.41) is 9.62. The molecule has 4 heterocycles. The lowest BCUT2D eigenvalue weighted by Gasteiger charge is -2.21. The van der Waals surface area contributed by atoms with Gasteiger partial charge >= 0.3 is 0 Å². The van der Waals surface area contributed by atoms with Crippen molar-refractivity contribution in [3.63, 3.8) is 0 Å². The maximum absolute atomic E-state index is 12.3. The highest BCUT2D eigenvalue weighted by Gasteiger charge is 2.23. The third-order valence-electron chi connectivity index (χ3n) is 4.39. The van der Waals surface area contributed by atoms with Crippen molar-refractivity contribution >= 4 is 28.8 Å². The molecule has 4 rings (SSSR count). The molecule has 2 aromatic rings. The minimum absolute atomic E-state index is 0.0462. The molecular formula is C15H18N6O2. The fourth-order valence-corrected chi connectivity index (χ4v) is 3.17. The van der Waals surface area contributed by atoms with Crippen molar-refractivity contribution in [2.75, 3.05) is 25.0 Å². The van der Waals surface area contributed by atoms with Gasteiger partial charge in [0.1, 0.15) is 11.3 Å². The van der Waals surface area contributed by atoms with Gasteiger partial charge in [0.15, 0.2) is 0 Å². The molecule has 2 aromatic heterocycles. The fraction of sp³-hybridized carbons (Fsp3) is 0.467. The van der Waals surface area contributed by atoms with Crippen molar-refractivity contribution in [1.82, 2.24) is 25.2 Å². The number of amides is 2. The third-order valence-corrected chi connectivity index (χ3v) is 4.39. The summed E-state index contributed by atoms with van der Waals surface area (Å²) in [4.78, 5) is 32.8. The molecule has 0 aliphatic carbocycles. The molecule has 23 heavy (non-hydrogen) atoms. The van der Waals surface area contributed by atoms with Gasteiger partial charge in [0.25, 0.3) is 5.91 Å². The lowest BCUT2D eigenvalue weighted by Crippen LogP contribution is -2.37. The highest BCUT2D eigenvalue weighted by atomic mass is 16.2. The van der Waals surface area contributed by atoms with E-state index in [4.69, 9.17) is 0 Å². The van der Waals surface area contributed by atoms with Crippen LogP contribution in [0.5, 0.6) is 0 Å². The number of piperidine rings is 1. The summed E-state index contributed by atoms with van der Waals surface area (Å²) in [5.41, 5.74) is 1.27. The first kappa shape index (κ1) is 14.1. The number of nitrogens with zero attached hydrogens (tertiary/aromatic N) is 3. The zero-order valence-corrected chi connectivity index (χ0v) is 12.6. The first-order valence-electron chi connectivity index (χ1n) is 7.88. The van der Waals surface area contributed by atoms with Crippen LogP contribution in [-0.2, 0) is 11.3 Å². The van der Waals surface area contributed by atoms with Crippen molar-refractivity contribution in [1.29, 1.82) is 0 Å². The molecular weight excluding hydrogens is 296 g/mol. The average molecular weight is 314 g/mol. The van der Waals surface area contributed by atoms with E-state index in [0.29, 0.717) is 36.9 Å². The molecule has 0 unspecified atom stereocenters. The number of carbonyl (C=O) groups is 2. The number of hydrogen-bond donors (Lipinski definition) is 3. The molecule has 8 nitrogen and oxygen atoms in total. The maximum atomic E-state index is 12.3. The van der Waals surface area contributed by atoms with Gasteiger partial charge in [0.2, 0.25) is 11.9 Å². The molecule has 0 radical (unpaired) electrons. The molecule has 0 bridgehead atoms. The Morgan fingerprint density at radius 3 is 3.13 bits per heavy atom. The lowest BCUT2D eigenvalue weighted by molar-refractivity contribution is -0.120. The molecule has 0 spiro atoms. The summed E-state index contributed by atoms with van der Waals surface area (Å²) in [6.07, 6.45) is 3.52. The van der Waals surface area contributed by atoms with E-state index in [2.05, 4.69) is 25.9 Å². The zero-order valence-electron chi connectivity index (χ0n) is 12.6. The van der Waals surface area contributed by atoms with Gasteiger partial charge in [-0.25, -0.2) is 4.98 Å². The number of fused-ring (bicyclic) bond motifs is 3. The van der Waals surface area contributed by atoms with Gasteiger partial charge < -0.3 is 15.2 Å². The van der Waals surface area contributed by atoms with Crippen molar-refractivity contribution in [3.05, 3.63) is 18.0 Å². The van der Waals surface area contributed by atoms with E-state index in [-0.39, 0.29) is 17.7 Å². The summed E-state index contributed by atoms with van der Waals surface area (Å²) in [5.74, 6) is 0.0860. The summed E-state index contributed by atoms with van der Waals surface area (Å²) in [6, 6.07) is 1.78. The normalized spacial score (nSPS) is 20.9. The van der Waals surface area contributed by atoms with Gasteiger partial charge in [0.05, 0.1) is 5.92 Å². The topological polar surface area (TPSA) is 101 Å². The van der Waals surface area contributed by atoms with Crippen LogP contribution in [-0.4, -0.2) is 46.0 Å². The van der Waals surface area contributed by atoms with Gasteiger partial charge in [0, 0.05) is 31.2 Å². The van der Waals surface area contributed by atoms with Crippen LogP contribution in [0, 0.1) is 5.92 Å². The third kappa shape index (κ3) is 2.55. The summed E-state index contributed by atoms with van der Waals surface area (Å²) >= 11 is 0. The molecule has 2 aliphatic heterocycles. The first-order valence-corrected chi connectivity index (χ1v) is 7.88. The van der Waals surface area contributed by atoms with Crippen molar-refractivity contribution in [2.24, 2.45) is 5.92 Å². The summed E-state index contributed by atoms with van der Waals surface area (Å²) in [6.45, 7) is 2.90. The Morgan fingerprint density at radius 1 is 1.39 bits per heavy atom. The predicted molar refractivity (Wildman–Crippen MR) is 84.1 cm³/mol. The number of carbonyl (C=O) groups excluding carboxylic acids is 2. The van der Waals surface area contributed by atoms with E-state index < -0.39 is 0 Å². The van der Waals surface area contributed by atoms with Crippen LogP contribution < -0.4 is 16.0 Å². The quantitative estimate of drug-likeness (QED) is 0.730. The lowest BCUT2D eigenvalue weighted by atomic mass is 9.99. The van der Waals surface area contributed by atoms with E-state index >= 15 is 0 Å². The smallest absolute Gasteiger partial charge is 0.268 e. The van der Waals surface area contributed by atoms with Crippen molar-refractivity contribution in [2.45, 2.75) is 19.4 Å². The van der Waals surface area contributed by atoms with E-state index in [1.807, 2.05) is 4.57 Å². The van der Waals surface area contributed by atoms with Gasteiger partial charge in [-0.15, -0.1) is 0 Å². The second-order valence-electron chi connectivity index (χ2n) is 5.94. The summed E-state index contributed by atoms with van der Waals surface area (Å²) < 4.78 is 1.87. The van der Waals surface area contributed by atoms with Crippen LogP contribution >= 0.6 is 0 Å². The second-order valence-corrected chi connectivity index (χ2v) is 5.94. The minimum atomic E-state index is -0.104.